The summed E-state index contributed by atoms with van der Waals surface area (Å²) in [6.45, 7) is 3.18. The van der Waals surface area contributed by atoms with E-state index in [1.807, 2.05) is 6.92 Å². The zero-order valence-corrected chi connectivity index (χ0v) is 11.4. The van der Waals surface area contributed by atoms with Crippen molar-refractivity contribution in [1.29, 1.82) is 0 Å². The summed E-state index contributed by atoms with van der Waals surface area (Å²) >= 11 is 5.81. The Labute approximate surface area is 117 Å². The van der Waals surface area contributed by atoms with E-state index in [4.69, 9.17) is 16.3 Å². The van der Waals surface area contributed by atoms with Crippen molar-refractivity contribution in [3.63, 3.8) is 0 Å². The van der Waals surface area contributed by atoms with Crippen LogP contribution in [-0.4, -0.2) is 6.54 Å². The minimum Gasteiger partial charge on any atom is -0.457 e. The Hall–Kier alpha value is -1.58. The predicted octanol–water partition coefficient (Wildman–Crippen LogP) is 4.38. The molecule has 19 heavy (non-hydrogen) atoms. The Balaban J connectivity index is 2.23. The van der Waals surface area contributed by atoms with E-state index in [0.717, 1.165) is 6.54 Å². The van der Waals surface area contributed by atoms with E-state index in [2.05, 4.69) is 5.32 Å². The van der Waals surface area contributed by atoms with Gasteiger partial charge in [0.15, 0.2) is 0 Å². The summed E-state index contributed by atoms with van der Waals surface area (Å²) < 4.78 is 19.5. The number of hydrogen-bond acceptors (Lipinski definition) is 2. The average Bonchev–Trinajstić information content (AvgIpc) is 2.41. The topological polar surface area (TPSA) is 21.3 Å². The molecule has 0 fully saturated rings. The molecule has 0 aliphatic heterocycles. The summed E-state index contributed by atoms with van der Waals surface area (Å²) in [6.07, 6.45) is 0. The van der Waals surface area contributed by atoms with Crippen molar-refractivity contribution in [1.82, 2.24) is 5.32 Å². The minimum absolute atomic E-state index is 0.271. The van der Waals surface area contributed by atoms with Crippen LogP contribution in [0.4, 0.5) is 4.39 Å². The quantitative estimate of drug-likeness (QED) is 0.877. The molecule has 0 aromatic heterocycles. The zero-order valence-electron chi connectivity index (χ0n) is 10.6. The molecule has 4 heteroatoms. The highest BCUT2D eigenvalue weighted by atomic mass is 35.5. The summed E-state index contributed by atoms with van der Waals surface area (Å²) in [5.41, 5.74) is 0.527. The summed E-state index contributed by atoms with van der Waals surface area (Å²) in [4.78, 5) is 0. The van der Waals surface area contributed by atoms with E-state index in [9.17, 15) is 4.39 Å². The van der Waals surface area contributed by atoms with Gasteiger partial charge in [-0.15, -0.1) is 0 Å². The Kier molecular flexibility index (Phi) is 4.77. The lowest BCUT2D eigenvalue weighted by atomic mass is 10.2. The first-order valence-corrected chi connectivity index (χ1v) is 6.50. The van der Waals surface area contributed by atoms with Gasteiger partial charge in [-0.2, -0.15) is 0 Å². The maximum absolute atomic E-state index is 13.8. The third-order valence-corrected chi connectivity index (χ3v) is 2.92. The molecule has 0 spiro atoms. The fourth-order valence-electron chi connectivity index (χ4n) is 1.69. The van der Waals surface area contributed by atoms with Gasteiger partial charge in [0.25, 0.3) is 0 Å². The van der Waals surface area contributed by atoms with Gasteiger partial charge in [0, 0.05) is 17.1 Å². The van der Waals surface area contributed by atoms with Gasteiger partial charge in [0.05, 0.1) is 0 Å². The molecule has 0 amide bonds. The second-order valence-electron chi connectivity index (χ2n) is 4.05. The monoisotopic (exact) mass is 279 g/mol. The fourth-order valence-corrected chi connectivity index (χ4v) is 1.81. The average molecular weight is 280 g/mol. The van der Waals surface area contributed by atoms with Gasteiger partial charge in [-0.1, -0.05) is 24.6 Å². The van der Waals surface area contributed by atoms with Crippen LogP contribution < -0.4 is 10.1 Å². The number of nitrogens with one attached hydrogen (secondary N) is 1. The molecule has 0 radical (unpaired) electrons. The van der Waals surface area contributed by atoms with E-state index in [0.29, 0.717) is 28.6 Å². The zero-order chi connectivity index (χ0) is 13.7. The molecule has 0 aliphatic rings. The molecule has 0 saturated heterocycles. The fraction of sp³-hybridized carbons (Fsp3) is 0.200. The lowest BCUT2D eigenvalue weighted by Gasteiger charge is -2.12. The summed E-state index contributed by atoms with van der Waals surface area (Å²) in [6, 6.07) is 11.8. The molecule has 2 aromatic carbocycles. The van der Waals surface area contributed by atoms with Crippen LogP contribution in [0.3, 0.4) is 0 Å². The van der Waals surface area contributed by atoms with E-state index < -0.39 is 0 Å². The highest BCUT2D eigenvalue weighted by molar-refractivity contribution is 6.30. The molecule has 100 valence electrons. The number of hydrogen-bond donors (Lipinski definition) is 1. The van der Waals surface area contributed by atoms with Crippen LogP contribution in [0.2, 0.25) is 5.02 Å². The highest BCUT2D eigenvalue weighted by Crippen LogP contribution is 2.28. The Morgan fingerprint density at radius 2 is 1.89 bits per heavy atom. The highest BCUT2D eigenvalue weighted by Gasteiger charge is 2.09. The van der Waals surface area contributed by atoms with Crippen molar-refractivity contribution in [2.24, 2.45) is 0 Å². The van der Waals surface area contributed by atoms with Gasteiger partial charge < -0.3 is 10.1 Å². The van der Waals surface area contributed by atoms with Crippen LogP contribution >= 0.6 is 11.6 Å². The van der Waals surface area contributed by atoms with Gasteiger partial charge in [-0.25, -0.2) is 4.39 Å². The third kappa shape index (κ3) is 3.69. The van der Waals surface area contributed by atoms with Crippen molar-refractivity contribution in [3.05, 3.63) is 58.9 Å². The van der Waals surface area contributed by atoms with Gasteiger partial charge in [0.1, 0.15) is 17.3 Å². The number of ether oxygens (including phenoxy) is 1. The van der Waals surface area contributed by atoms with Crippen molar-refractivity contribution in [3.8, 4) is 11.5 Å². The third-order valence-electron chi connectivity index (χ3n) is 2.67. The molecule has 0 unspecified atom stereocenters. The second kappa shape index (κ2) is 6.55. The molecule has 0 bridgehead atoms. The lowest BCUT2D eigenvalue weighted by Crippen LogP contribution is -2.13. The standard InChI is InChI=1S/C15H15ClFNO/c1-2-18-10-13-14(17)4-3-5-15(13)19-12-8-6-11(16)7-9-12/h3-9,18H,2,10H2,1H3. The SMILES string of the molecule is CCNCc1c(F)cccc1Oc1ccc(Cl)cc1. The Bertz CT molecular complexity index is 542. The molecule has 0 heterocycles. The van der Waals surface area contributed by atoms with Crippen LogP contribution in [0.1, 0.15) is 12.5 Å². The van der Waals surface area contributed by atoms with E-state index in [-0.39, 0.29) is 5.82 Å². The van der Waals surface area contributed by atoms with Gasteiger partial charge in [-0.3, -0.25) is 0 Å². The van der Waals surface area contributed by atoms with E-state index in [1.54, 1.807) is 36.4 Å². The van der Waals surface area contributed by atoms with Crippen LogP contribution in [0.5, 0.6) is 11.5 Å². The van der Waals surface area contributed by atoms with Gasteiger partial charge >= 0.3 is 0 Å². The Morgan fingerprint density at radius 1 is 1.16 bits per heavy atom. The van der Waals surface area contributed by atoms with Crippen molar-refractivity contribution >= 4 is 11.6 Å². The van der Waals surface area contributed by atoms with E-state index in [1.165, 1.54) is 6.07 Å². The molecule has 2 aromatic rings. The van der Waals surface area contributed by atoms with Gasteiger partial charge in [0.2, 0.25) is 0 Å². The predicted molar refractivity (Wildman–Crippen MR) is 75.3 cm³/mol. The molecular formula is C15H15ClFNO. The Morgan fingerprint density at radius 3 is 2.58 bits per heavy atom. The molecule has 0 atom stereocenters. The van der Waals surface area contributed by atoms with Crippen molar-refractivity contribution < 1.29 is 9.13 Å². The number of rotatable bonds is 5. The lowest BCUT2D eigenvalue weighted by molar-refractivity contribution is 0.463. The van der Waals surface area contributed by atoms with E-state index >= 15 is 0 Å². The maximum Gasteiger partial charge on any atom is 0.134 e. The summed E-state index contributed by atoms with van der Waals surface area (Å²) in [5, 5.41) is 3.74. The first kappa shape index (κ1) is 13.8. The van der Waals surface area contributed by atoms with Crippen molar-refractivity contribution in [2.45, 2.75) is 13.5 Å². The number of halogens is 2. The molecule has 0 saturated carbocycles. The first-order chi connectivity index (χ1) is 9.20. The van der Waals surface area contributed by atoms with Crippen LogP contribution in [0, 0.1) is 5.82 Å². The first-order valence-electron chi connectivity index (χ1n) is 6.12. The molecule has 2 nitrogen and oxygen atoms in total. The summed E-state index contributed by atoms with van der Waals surface area (Å²) in [5.74, 6) is 0.878. The van der Waals surface area contributed by atoms with Crippen LogP contribution in [0.15, 0.2) is 42.5 Å². The van der Waals surface area contributed by atoms with Crippen LogP contribution in [-0.2, 0) is 6.54 Å². The normalized spacial score (nSPS) is 10.5. The smallest absolute Gasteiger partial charge is 0.134 e. The van der Waals surface area contributed by atoms with Gasteiger partial charge in [-0.05, 0) is 42.9 Å². The molecular weight excluding hydrogens is 265 g/mol. The minimum atomic E-state index is -0.271. The maximum atomic E-state index is 13.8. The molecule has 2 rings (SSSR count). The van der Waals surface area contributed by atoms with Crippen LogP contribution in [0.25, 0.3) is 0 Å². The number of benzene rings is 2. The molecule has 0 aliphatic carbocycles. The summed E-state index contributed by atoms with van der Waals surface area (Å²) in [7, 11) is 0. The largest absolute Gasteiger partial charge is 0.457 e. The second-order valence-corrected chi connectivity index (χ2v) is 4.49. The van der Waals surface area contributed by atoms with Crippen molar-refractivity contribution in [2.75, 3.05) is 6.54 Å². The molecule has 1 N–H and O–H groups in total.